The normalized spacial score (nSPS) is 16.6. The Morgan fingerprint density at radius 2 is 1.62 bits per heavy atom. The number of para-hydroxylation sites is 1. The number of halogens is 1. The number of benzene rings is 2. The maximum Gasteiger partial charge on any atom is 0.225 e. The second kappa shape index (κ2) is 9.80. The molecule has 8 heteroatoms. The fourth-order valence-electron chi connectivity index (χ4n) is 3.63. The minimum Gasteiger partial charge on any atom is -0.378 e. The molecule has 1 unspecified atom stereocenters. The van der Waals surface area contributed by atoms with Gasteiger partial charge in [0.2, 0.25) is 10.0 Å². The van der Waals surface area contributed by atoms with E-state index in [2.05, 4.69) is 63.1 Å². The average Bonchev–Trinajstić information content (AvgIpc) is 2.75. The number of nitrogens with one attached hydrogen (secondary N) is 1. The van der Waals surface area contributed by atoms with Crippen molar-refractivity contribution in [2.45, 2.75) is 6.04 Å². The molecule has 1 saturated heterocycles. The second-order valence-electron chi connectivity index (χ2n) is 7.43. The van der Waals surface area contributed by atoms with Gasteiger partial charge in [0.25, 0.3) is 0 Å². The monoisotopic (exact) mass is 436 g/mol. The third-order valence-corrected chi connectivity index (χ3v) is 7.07. The average molecular weight is 437 g/mol. The maximum atomic E-state index is 11.9. The second-order valence-corrected chi connectivity index (χ2v) is 9.82. The fraction of sp³-hybridized carbons (Fsp3) is 0.429. The SMILES string of the molecule is CN(C)c1ccc(C(CNS(=O)(=O)CCl)N2CCN(c3ccccc3)CC2)cc1. The van der Waals surface area contributed by atoms with Crippen LogP contribution in [-0.4, -0.2) is 65.3 Å². The van der Waals surface area contributed by atoms with Crippen LogP contribution >= 0.6 is 11.6 Å². The van der Waals surface area contributed by atoms with Crippen molar-refractivity contribution in [3.05, 3.63) is 60.2 Å². The number of alkyl halides is 1. The molecular weight excluding hydrogens is 408 g/mol. The lowest BCUT2D eigenvalue weighted by atomic mass is 10.0. The third kappa shape index (κ3) is 5.85. The molecule has 2 aromatic carbocycles. The Morgan fingerprint density at radius 1 is 1.00 bits per heavy atom. The predicted octanol–water partition coefficient (Wildman–Crippen LogP) is 2.73. The van der Waals surface area contributed by atoms with Crippen molar-refractivity contribution < 1.29 is 8.42 Å². The lowest BCUT2D eigenvalue weighted by molar-refractivity contribution is 0.187. The Labute approximate surface area is 179 Å². The molecule has 0 aliphatic carbocycles. The van der Waals surface area contributed by atoms with Gasteiger partial charge in [-0.2, -0.15) is 0 Å². The smallest absolute Gasteiger partial charge is 0.225 e. The van der Waals surface area contributed by atoms with Crippen LogP contribution in [0.25, 0.3) is 0 Å². The van der Waals surface area contributed by atoms with E-state index < -0.39 is 15.2 Å². The molecule has 1 aliphatic heterocycles. The molecule has 1 N–H and O–H groups in total. The number of nitrogens with zero attached hydrogens (tertiary/aromatic N) is 3. The van der Waals surface area contributed by atoms with Gasteiger partial charge >= 0.3 is 0 Å². The lowest BCUT2D eigenvalue weighted by Crippen LogP contribution is -2.50. The highest BCUT2D eigenvalue weighted by Crippen LogP contribution is 2.26. The molecular formula is C21H29ClN4O2S. The van der Waals surface area contributed by atoms with Gasteiger partial charge in [-0.05, 0) is 29.8 Å². The van der Waals surface area contributed by atoms with Gasteiger partial charge in [-0.25, -0.2) is 13.1 Å². The molecule has 1 heterocycles. The molecule has 3 rings (SSSR count). The zero-order valence-electron chi connectivity index (χ0n) is 17.0. The molecule has 158 valence electrons. The van der Waals surface area contributed by atoms with Crippen LogP contribution in [0.2, 0.25) is 0 Å². The summed E-state index contributed by atoms with van der Waals surface area (Å²) in [5.74, 6) is 0. The summed E-state index contributed by atoms with van der Waals surface area (Å²) >= 11 is 5.57. The predicted molar refractivity (Wildman–Crippen MR) is 121 cm³/mol. The van der Waals surface area contributed by atoms with Crippen LogP contribution in [0.5, 0.6) is 0 Å². The van der Waals surface area contributed by atoms with Crippen molar-refractivity contribution in [2.75, 3.05) is 61.8 Å². The van der Waals surface area contributed by atoms with Gasteiger partial charge in [0, 0.05) is 64.2 Å². The Morgan fingerprint density at radius 3 is 2.17 bits per heavy atom. The van der Waals surface area contributed by atoms with Crippen LogP contribution in [0.3, 0.4) is 0 Å². The quantitative estimate of drug-likeness (QED) is 0.645. The van der Waals surface area contributed by atoms with E-state index in [1.807, 2.05) is 25.1 Å². The zero-order valence-corrected chi connectivity index (χ0v) is 18.5. The number of piperazine rings is 1. The molecule has 29 heavy (non-hydrogen) atoms. The zero-order chi connectivity index (χ0) is 20.9. The number of hydrogen-bond donors (Lipinski definition) is 1. The minimum absolute atomic E-state index is 0.0397. The van der Waals surface area contributed by atoms with E-state index in [9.17, 15) is 8.42 Å². The van der Waals surface area contributed by atoms with Crippen molar-refractivity contribution in [1.29, 1.82) is 0 Å². The van der Waals surface area contributed by atoms with Crippen molar-refractivity contribution >= 4 is 33.0 Å². The molecule has 1 atom stereocenters. The Kier molecular flexibility index (Phi) is 7.40. The van der Waals surface area contributed by atoms with Crippen LogP contribution in [0.4, 0.5) is 11.4 Å². The molecule has 0 radical (unpaired) electrons. The Hall–Kier alpha value is -1.80. The van der Waals surface area contributed by atoms with Crippen molar-refractivity contribution in [3.8, 4) is 0 Å². The highest BCUT2D eigenvalue weighted by atomic mass is 35.5. The van der Waals surface area contributed by atoms with E-state index in [0.29, 0.717) is 6.54 Å². The van der Waals surface area contributed by atoms with Crippen LogP contribution < -0.4 is 14.5 Å². The first-order valence-electron chi connectivity index (χ1n) is 9.74. The van der Waals surface area contributed by atoms with Gasteiger partial charge in [0.05, 0.1) is 0 Å². The first-order chi connectivity index (χ1) is 13.9. The molecule has 1 fully saturated rings. The van der Waals surface area contributed by atoms with Crippen LogP contribution in [0.1, 0.15) is 11.6 Å². The number of rotatable bonds is 8. The van der Waals surface area contributed by atoms with E-state index >= 15 is 0 Å². The molecule has 0 amide bonds. The van der Waals surface area contributed by atoms with E-state index in [1.54, 1.807) is 0 Å². The molecule has 2 aromatic rings. The number of anilines is 2. The van der Waals surface area contributed by atoms with Crippen LogP contribution in [0.15, 0.2) is 54.6 Å². The largest absolute Gasteiger partial charge is 0.378 e. The Balaban J connectivity index is 1.74. The van der Waals surface area contributed by atoms with Crippen molar-refractivity contribution in [2.24, 2.45) is 0 Å². The van der Waals surface area contributed by atoms with Gasteiger partial charge in [-0.3, -0.25) is 4.90 Å². The summed E-state index contributed by atoms with van der Waals surface area (Å²) in [6, 6.07) is 18.6. The van der Waals surface area contributed by atoms with Crippen molar-refractivity contribution in [3.63, 3.8) is 0 Å². The summed E-state index contributed by atoms with van der Waals surface area (Å²) < 4.78 is 26.5. The highest BCUT2D eigenvalue weighted by molar-refractivity contribution is 7.90. The summed E-state index contributed by atoms with van der Waals surface area (Å²) in [4.78, 5) is 6.76. The van der Waals surface area contributed by atoms with Gasteiger partial charge in [0.15, 0.2) is 0 Å². The minimum atomic E-state index is -3.47. The third-order valence-electron chi connectivity index (χ3n) is 5.31. The first kappa shape index (κ1) is 21.9. The summed E-state index contributed by atoms with van der Waals surface area (Å²) in [5.41, 5.74) is 3.44. The molecule has 6 nitrogen and oxygen atoms in total. The van der Waals surface area contributed by atoms with E-state index in [4.69, 9.17) is 11.6 Å². The first-order valence-corrected chi connectivity index (χ1v) is 11.9. The van der Waals surface area contributed by atoms with E-state index in [0.717, 1.165) is 37.4 Å². The van der Waals surface area contributed by atoms with Gasteiger partial charge in [-0.15, -0.1) is 11.6 Å². The van der Waals surface area contributed by atoms with Gasteiger partial charge in [-0.1, -0.05) is 30.3 Å². The number of sulfonamides is 1. The molecule has 0 saturated carbocycles. The van der Waals surface area contributed by atoms with Gasteiger partial charge in [0.1, 0.15) is 5.21 Å². The summed E-state index contributed by atoms with van der Waals surface area (Å²) in [6.07, 6.45) is 0. The molecule has 0 bridgehead atoms. The standard InChI is InChI=1S/C21H29ClN4O2S/c1-24(2)19-10-8-18(9-11-19)21(16-23-29(27,28)17-22)26-14-12-25(13-15-26)20-6-4-3-5-7-20/h3-11,21,23H,12-17H2,1-2H3. The van der Waals surface area contributed by atoms with Gasteiger partial charge < -0.3 is 9.80 Å². The van der Waals surface area contributed by atoms with E-state index in [1.165, 1.54) is 5.69 Å². The summed E-state index contributed by atoms with van der Waals surface area (Å²) in [7, 11) is 0.541. The molecule has 0 spiro atoms. The Bertz CT molecular complexity index is 867. The van der Waals surface area contributed by atoms with Crippen LogP contribution in [-0.2, 0) is 10.0 Å². The molecule has 1 aliphatic rings. The lowest BCUT2D eigenvalue weighted by Gasteiger charge is -2.40. The van der Waals surface area contributed by atoms with E-state index in [-0.39, 0.29) is 6.04 Å². The maximum absolute atomic E-state index is 11.9. The topological polar surface area (TPSA) is 55.9 Å². The molecule has 0 aromatic heterocycles. The highest BCUT2D eigenvalue weighted by Gasteiger charge is 2.26. The summed E-state index contributed by atoms with van der Waals surface area (Å²) in [5, 5.41) is -0.429. The van der Waals surface area contributed by atoms with Crippen molar-refractivity contribution in [1.82, 2.24) is 9.62 Å². The summed E-state index contributed by atoms with van der Waals surface area (Å²) in [6.45, 7) is 3.83. The number of hydrogen-bond acceptors (Lipinski definition) is 5. The van der Waals surface area contributed by atoms with Crippen LogP contribution in [0, 0.1) is 0 Å². The fourth-order valence-corrected chi connectivity index (χ4v) is 4.35.